The molecule has 1 aromatic carbocycles. The average Bonchev–Trinajstić information content (AvgIpc) is 2.52. The number of amides is 2. The number of carbonyl (C=O) groups excluding carboxylic acids is 2. The molecule has 0 spiro atoms. The summed E-state index contributed by atoms with van der Waals surface area (Å²) in [6.07, 6.45) is -0.0855. The maximum atomic E-state index is 12.3. The predicted molar refractivity (Wildman–Crippen MR) is 105 cm³/mol. The van der Waals surface area contributed by atoms with Crippen molar-refractivity contribution in [2.45, 2.75) is 52.4 Å². The number of carbonyl (C=O) groups is 2. The Morgan fingerprint density at radius 1 is 1.15 bits per heavy atom. The number of nitrogens with zero attached hydrogens (tertiary/aromatic N) is 1. The fraction of sp³-hybridized carbons (Fsp3) is 0.600. The number of rotatable bonds is 5. The summed E-state index contributed by atoms with van der Waals surface area (Å²) in [7, 11) is 0. The molecule has 7 nitrogen and oxygen atoms in total. The van der Waals surface area contributed by atoms with Gasteiger partial charge in [-0.15, -0.1) is 0 Å². The Morgan fingerprint density at radius 2 is 1.74 bits per heavy atom. The molecule has 1 fully saturated rings. The van der Waals surface area contributed by atoms with Gasteiger partial charge in [-0.2, -0.15) is 0 Å². The molecule has 2 N–H and O–H groups in total. The van der Waals surface area contributed by atoms with E-state index >= 15 is 0 Å². The Labute approximate surface area is 161 Å². The lowest BCUT2D eigenvalue weighted by Crippen LogP contribution is -2.47. The van der Waals surface area contributed by atoms with Crippen LogP contribution in [0.5, 0.6) is 0 Å². The molecule has 2 rings (SSSR count). The third-order valence-electron chi connectivity index (χ3n) is 4.00. The van der Waals surface area contributed by atoms with Crippen LogP contribution in [0.4, 0.5) is 10.5 Å². The Balaban J connectivity index is 1.77. The van der Waals surface area contributed by atoms with Crippen LogP contribution in [-0.2, 0) is 9.47 Å². The molecule has 0 aromatic heterocycles. The van der Waals surface area contributed by atoms with Crippen molar-refractivity contribution in [3.05, 3.63) is 29.8 Å². The summed E-state index contributed by atoms with van der Waals surface area (Å²) in [5.41, 5.74) is 0.575. The Bertz CT molecular complexity index is 630. The molecule has 1 aliphatic rings. The van der Waals surface area contributed by atoms with Gasteiger partial charge in [-0.3, -0.25) is 15.0 Å². The van der Waals surface area contributed by atoms with E-state index in [9.17, 15) is 9.59 Å². The maximum Gasteiger partial charge on any atom is 0.412 e. The number of morpholine rings is 1. The van der Waals surface area contributed by atoms with E-state index in [1.807, 2.05) is 0 Å². The van der Waals surface area contributed by atoms with Crippen LogP contribution in [0.2, 0.25) is 0 Å². The minimum absolute atomic E-state index is 0.131. The minimum Gasteiger partial charge on any atom is -0.444 e. The van der Waals surface area contributed by atoms with Crippen LogP contribution in [-0.4, -0.2) is 60.9 Å². The number of hydrogen-bond donors (Lipinski definition) is 2. The van der Waals surface area contributed by atoms with Crippen LogP contribution < -0.4 is 10.6 Å². The summed E-state index contributed by atoms with van der Waals surface area (Å²) >= 11 is 0. The van der Waals surface area contributed by atoms with Gasteiger partial charge in [0.05, 0.1) is 12.2 Å². The Hall–Kier alpha value is -2.12. The van der Waals surface area contributed by atoms with E-state index in [-0.39, 0.29) is 18.1 Å². The highest BCUT2D eigenvalue weighted by Crippen LogP contribution is 2.13. The molecule has 150 valence electrons. The summed E-state index contributed by atoms with van der Waals surface area (Å²) in [6, 6.07) is 6.73. The maximum absolute atomic E-state index is 12.3. The lowest BCUT2D eigenvalue weighted by atomic mass is 10.2. The second-order valence-electron chi connectivity index (χ2n) is 7.98. The predicted octanol–water partition coefficient (Wildman–Crippen LogP) is 2.87. The van der Waals surface area contributed by atoms with Gasteiger partial charge in [-0.05, 0) is 58.9 Å². The van der Waals surface area contributed by atoms with Gasteiger partial charge < -0.3 is 14.8 Å². The van der Waals surface area contributed by atoms with E-state index in [0.29, 0.717) is 17.8 Å². The van der Waals surface area contributed by atoms with Crippen LogP contribution in [0.1, 0.15) is 45.0 Å². The second kappa shape index (κ2) is 9.19. The third kappa shape index (κ3) is 7.56. The Kier molecular flexibility index (Phi) is 7.21. The van der Waals surface area contributed by atoms with Crippen LogP contribution in [0, 0.1) is 0 Å². The van der Waals surface area contributed by atoms with Crippen molar-refractivity contribution >= 4 is 17.7 Å². The highest BCUT2D eigenvalue weighted by Gasteiger charge is 2.21. The van der Waals surface area contributed by atoms with Crippen molar-refractivity contribution in [1.29, 1.82) is 0 Å². The molecule has 0 bridgehead atoms. The van der Waals surface area contributed by atoms with Crippen LogP contribution >= 0.6 is 0 Å². The molecule has 1 aromatic rings. The zero-order valence-corrected chi connectivity index (χ0v) is 16.9. The van der Waals surface area contributed by atoms with Crippen molar-refractivity contribution in [1.82, 2.24) is 10.2 Å². The number of benzene rings is 1. The highest BCUT2D eigenvalue weighted by atomic mass is 16.6. The molecule has 0 radical (unpaired) electrons. The van der Waals surface area contributed by atoms with E-state index in [1.54, 1.807) is 45.0 Å². The zero-order valence-electron chi connectivity index (χ0n) is 16.9. The molecule has 1 saturated heterocycles. The van der Waals surface area contributed by atoms with E-state index in [2.05, 4.69) is 29.4 Å². The third-order valence-corrected chi connectivity index (χ3v) is 4.00. The van der Waals surface area contributed by atoms with Crippen molar-refractivity contribution in [2.24, 2.45) is 0 Å². The summed E-state index contributed by atoms with van der Waals surface area (Å²) in [5.74, 6) is -0.131. The van der Waals surface area contributed by atoms with Crippen molar-refractivity contribution in [3.63, 3.8) is 0 Å². The molecule has 1 heterocycles. The standard InChI is InChI=1S/C20H31N3O4/c1-14-12-23(13-15(2)26-14)11-10-21-18(24)16-6-8-17(9-7-16)22-19(25)27-20(3,4)5/h6-9,14-15H,10-13H2,1-5H3,(H,21,24)(H,22,25). The molecule has 2 amide bonds. The van der Waals surface area contributed by atoms with Crippen LogP contribution in [0.3, 0.4) is 0 Å². The number of ether oxygens (including phenoxy) is 2. The lowest BCUT2D eigenvalue weighted by molar-refractivity contribution is -0.0672. The molecule has 1 aliphatic heterocycles. The largest absolute Gasteiger partial charge is 0.444 e. The van der Waals surface area contributed by atoms with Gasteiger partial charge in [0.15, 0.2) is 0 Å². The summed E-state index contributed by atoms with van der Waals surface area (Å²) in [4.78, 5) is 26.3. The fourth-order valence-corrected chi connectivity index (χ4v) is 3.02. The monoisotopic (exact) mass is 377 g/mol. The number of hydrogen-bond acceptors (Lipinski definition) is 5. The van der Waals surface area contributed by atoms with Crippen molar-refractivity contribution in [3.8, 4) is 0 Å². The van der Waals surface area contributed by atoms with Gasteiger partial charge in [0.25, 0.3) is 5.91 Å². The van der Waals surface area contributed by atoms with Gasteiger partial charge in [-0.1, -0.05) is 0 Å². The second-order valence-corrected chi connectivity index (χ2v) is 7.98. The quantitative estimate of drug-likeness (QED) is 0.825. The molecular weight excluding hydrogens is 346 g/mol. The smallest absolute Gasteiger partial charge is 0.412 e. The lowest BCUT2D eigenvalue weighted by Gasteiger charge is -2.35. The van der Waals surface area contributed by atoms with E-state index in [4.69, 9.17) is 9.47 Å². The molecule has 2 unspecified atom stereocenters. The topological polar surface area (TPSA) is 79.9 Å². The molecule has 0 saturated carbocycles. The van der Waals surface area contributed by atoms with Gasteiger partial charge in [0, 0.05) is 37.4 Å². The first-order chi connectivity index (χ1) is 12.6. The van der Waals surface area contributed by atoms with Gasteiger partial charge in [0.2, 0.25) is 0 Å². The summed E-state index contributed by atoms with van der Waals surface area (Å²) < 4.78 is 10.9. The van der Waals surface area contributed by atoms with Gasteiger partial charge >= 0.3 is 6.09 Å². The number of anilines is 1. The molecule has 27 heavy (non-hydrogen) atoms. The highest BCUT2D eigenvalue weighted by molar-refractivity contribution is 5.95. The first-order valence-electron chi connectivity index (χ1n) is 9.38. The van der Waals surface area contributed by atoms with Gasteiger partial charge in [0.1, 0.15) is 5.60 Å². The summed E-state index contributed by atoms with van der Waals surface area (Å²) in [5, 5.41) is 5.58. The van der Waals surface area contributed by atoms with Crippen LogP contribution in [0.15, 0.2) is 24.3 Å². The Morgan fingerprint density at radius 3 is 2.30 bits per heavy atom. The normalized spacial score (nSPS) is 20.8. The number of nitrogens with one attached hydrogen (secondary N) is 2. The molecule has 7 heteroatoms. The van der Waals surface area contributed by atoms with Crippen molar-refractivity contribution in [2.75, 3.05) is 31.5 Å². The SMILES string of the molecule is CC1CN(CCNC(=O)c2ccc(NC(=O)OC(C)(C)C)cc2)CC(C)O1. The van der Waals surface area contributed by atoms with Crippen molar-refractivity contribution < 1.29 is 19.1 Å². The fourth-order valence-electron chi connectivity index (χ4n) is 3.02. The molecular formula is C20H31N3O4. The first kappa shape index (κ1) is 21.2. The van der Waals surface area contributed by atoms with Gasteiger partial charge in [-0.25, -0.2) is 4.79 Å². The van der Waals surface area contributed by atoms with Crippen LogP contribution in [0.25, 0.3) is 0 Å². The minimum atomic E-state index is -0.556. The van der Waals surface area contributed by atoms with E-state index in [0.717, 1.165) is 19.6 Å². The first-order valence-corrected chi connectivity index (χ1v) is 9.38. The van der Waals surface area contributed by atoms with E-state index < -0.39 is 11.7 Å². The molecule has 2 atom stereocenters. The summed E-state index contributed by atoms with van der Waals surface area (Å²) in [6.45, 7) is 12.7. The van der Waals surface area contributed by atoms with E-state index in [1.165, 1.54) is 0 Å². The zero-order chi connectivity index (χ0) is 20.0. The average molecular weight is 377 g/mol. The molecule has 0 aliphatic carbocycles.